The lowest BCUT2D eigenvalue weighted by Crippen LogP contribution is -1.96. The molecule has 0 aliphatic rings. The minimum Gasteiger partial charge on any atom is -0.296 e. The Morgan fingerprint density at radius 1 is 1.48 bits per heavy atom. The number of carbonyl (C=O) groups is 1. The van der Waals surface area contributed by atoms with Gasteiger partial charge >= 0.3 is 0 Å². The number of benzene rings is 1. The van der Waals surface area contributed by atoms with Crippen molar-refractivity contribution in [2.75, 3.05) is 0 Å². The van der Waals surface area contributed by atoms with E-state index in [0.717, 1.165) is 32.5 Å². The van der Waals surface area contributed by atoms with Gasteiger partial charge in [-0.05, 0) is 58.1 Å². The summed E-state index contributed by atoms with van der Waals surface area (Å²) in [5.41, 5.74) is 2.88. The number of fused-ring (bicyclic) bond motifs is 1. The van der Waals surface area contributed by atoms with Gasteiger partial charge in [0.2, 0.25) is 0 Å². The number of carbonyl (C=O) groups excluding carboxylic acids is 1. The standard InChI is InChI=1S/C16H15BrN2OS/c1-3-10(2)11-7-13(17)15-14(8-11)21-16(18-15)19-6-4-5-12(19)9-20/h4-10H,3H2,1-2H3. The molecule has 3 nitrogen and oxygen atoms in total. The van der Waals surface area contributed by atoms with Crippen molar-refractivity contribution in [2.45, 2.75) is 26.2 Å². The zero-order valence-corrected chi connectivity index (χ0v) is 14.2. The number of halogens is 1. The van der Waals surface area contributed by atoms with Crippen LogP contribution in [0.25, 0.3) is 15.3 Å². The van der Waals surface area contributed by atoms with Crippen molar-refractivity contribution < 1.29 is 4.79 Å². The van der Waals surface area contributed by atoms with Gasteiger partial charge in [0.1, 0.15) is 0 Å². The lowest BCUT2D eigenvalue weighted by atomic mass is 9.99. The van der Waals surface area contributed by atoms with E-state index >= 15 is 0 Å². The molecule has 1 unspecified atom stereocenters. The number of hydrogen-bond donors (Lipinski definition) is 0. The third-order valence-electron chi connectivity index (χ3n) is 3.75. The first kappa shape index (κ1) is 14.5. The van der Waals surface area contributed by atoms with E-state index in [1.54, 1.807) is 17.4 Å². The second-order valence-electron chi connectivity index (χ2n) is 5.08. The maximum absolute atomic E-state index is 11.1. The molecule has 0 aliphatic heterocycles. The number of aromatic nitrogens is 2. The topological polar surface area (TPSA) is 34.9 Å². The fourth-order valence-electron chi connectivity index (χ4n) is 2.28. The van der Waals surface area contributed by atoms with Crippen molar-refractivity contribution >= 4 is 43.8 Å². The summed E-state index contributed by atoms with van der Waals surface area (Å²) in [6.07, 6.45) is 3.83. The van der Waals surface area contributed by atoms with Gasteiger partial charge in [-0.3, -0.25) is 9.36 Å². The number of hydrogen-bond acceptors (Lipinski definition) is 3. The molecule has 0 spiro atoms. The highest BCUT2D eigenvalue weighted by molar-refractivity contribution is 9.10. The Labute approximate surface area is 135 Å². The van der Waals surface area contributed by atoms with Crippen molar-refractivity contribution in [2.24, 2.45) is 0 Å². The van der Waals surface area contributed by atoms with Crippen LogP contribution >= 0.6 is 27.3 Å². The summed E-state index contributed by atoms with van der Waals surface area (Å²) in [4.78, 5) is 15.7. The van der Waals surface area contributed by atoms with Gasteiger partial charge in [0, 0.05) is 10.7 Å². The summed E-state index contributed by atoms with van der Waals surface area (Å²) in [6.45, 7) is 4.42. The van der Waals surface area contributed by atoms with Crippen LogP contribution < -0.4 is 0 Å². The van der Waals surface area contributed by atoms with E-state index in [1.807, 2.05) is 16.8 Å². The maximum atomic E-state index is 11.1. The molecule has 0 radical (unpaired) electrons. The average Bonchev–Trinajstić information content (AvgIpc) is 3.11. The molecule has 0 amide bonds. The smallest absolute Gasteiger partial charge is 0.195 e. The lowest BCUT2D eigenvalue weighted by molar-refractivity contribution is 0.111. The largest absolute Gasteiger partial charge is 0.296 e. The van der Waals surface area contributed by atoms with E-state index in [4.69, 9.17) is 0 Å². The Hall–Kier alpha value is -1.46. The average molecular weight is 363 g/mol. The van der Waals surface area contributed by atoms with Crippen LogP contribution in [0.1, 0.15) is 42.2 Å². The molecule has 1 aromatic carbocycles. The molecule has 108 valence electrons. The summed E-state index contributed by atoms with van der Waals surface area (Å²) >= 11 is 5.23. The Morgan fingerprint density at radius 3 is 3.00 bits per heavy atom. The normalized spacial score (nSPS) is 12.7. The van der Waals surface area contributed by atoms with Crippen molar-refractivity contribution in [1.29, 1.82) is 0 Å². The van der Waals surface area contributed by atoms with Crippen molar-refractivity contribution in [3.63, 3.8) is 0 Å². The predicted octanol–water partition coefficient (Wildman–Crippen LogP) is 5.18. The third kappa shape index (κ3) is 2.56. The predicted molar refractivity (Wildman–Crippen MR) is 90.7 cm³/mol. The van der Waals surface area contributed by atoms with E-state index in [-0.39, 0.29) is 0 Å². The minimum atomic E-state index is 0.522. The van der Waals surface area contributed by atoms with Gasteiger partial charge in [-0.2, -0.15) is 0 Å². The molecule has 21 heavy (non-hydrogen) atoms. The first-order valence-corrected chi connectivity index (χ1v) is 8.48. The molecular formula is C16H15BrN2OS. The fourth-order valence-corrected chi connectivity index (χ4v) is 4.03. The van der Waals surface area contributed by atoms with Gasteiger partial charge in [-0.15, -0.1) is 0 Å². The molecular weight excluding hydrogens is 348 g/mol. The number of thiazole rings is 1. The molecule has 0 saturated carbocycles. The number of aldehydes is 1. The van der Waals surface area contributed by atoms with Crippen LogP contribution in [0.3, 0.4) is 0 Å². The molecule has 0 bridgehead atoms. The number of rotatable bonds is 4. The monoisotopic (exact) mass is 362 g/mol. The molecule has 2 aromatic heterocycles. The van der Waals surface area contributed by atoms with E-state index in [1.165, 1.54) is 5.56 Å². The Kier molecular flexibility index (Phi) is 3.95. The van der Waals surface area contributed by atoms with Crippen molar-refractivity contribution in [3.05, 3.63) is 46.2 Å². The van der Waals surface area contributed by atoms with Crippen LogP contribution in [0.15, 0.2) is 34.9 Å². The lowest BCUT2D eigenvalue weighted by Gasteiger charge is -2.09. The second-order valence-corrected chi connectivity index (χ2v) is 6.94. The van der Waals surface area contributed by atoms with Gasteiger partial charge in [0.25, 0.3) is 0 Å². The zero-order valence-electron chi connectivity index (χ0n) is 11.8. The van der Waals surface area contributed by atoms with Crippen LogP contribution in [-0.4, -0.2) is 15.8 Å². The molecule has 0 saturated heterocycles. The molecule has 2 heterocycles. The summed E-state index contributed by atoms with van der Waals surface area (Å²) in [5.74, 6) is 0.522. The van der Waals surface area contributed by atoms with Crippen molar-refractivity contribution in [3.8, 4) is 5.13 Å². The van der Waals surface area contributed by atoms with Gasteiger partial charge in [0.15, 0.2) is 11.4 Å². The van der Waals surface area contributed by atoms with E-state index in [2.05, 4.69) is 46.9 Å². The second kappa shape index (κ2) is 5.73. The third-order valence-corrected chi connectivity index (χ3v) is 5.35. The van der Waals surface area contributed by atoms with E-state index in [9.17, 15) is 4.79 Å². The van der Waals surface area contributed by atoms with Crippen LogP contribution in [0, 0.1) is 0 Å². The highest BCUT2D eigenvalue weighted by atomic mass is 79.9. The summed E-state index contributed by atoms with van der Waals surface area (Å²) in [6, 6.07) is 8.00. The fraction of sp³-hybridized carbons (Fsp3) is 0.250. The molecule has 0 N–H and O–H groups in total. The van der Waals surface area contributed by atoms with Gasteiger partial charge < -0.3 is 0 Å². The minimum absolute atomic E-state index is 0.522. The maximum Gasteiger partial charge on any atom is 0.195 e. The molecule has 0 aliphatic carbocycles. The highest BCUT2D eigenvalue weighted by Crippen LogP contribution is 2.34. The Bertz CT molecular complexity index is 806. The van der Waals surface area contributed by atoms with Crippen LogP contribution in [-0.2, 0) is 0 Å². The summed E-state index contributed by atoms with van der Waals surface area (Å²) in [7, 11) is 0. The van der Waals surface area contributed by atoms with Crippen LogP contribution in [0.5, 0.6) is 0 Å². The molecule has 3 rings (SSSR count). The van der Waals surface area contributed by atoms with Gasteiger partial charge in [-0.1, -0.05) is 25.2 Å². The van der Waals surface area contributed by atoms with Gasteiger partial charge in [-0.25, -0.2) is 4.98 Å². The van der Waals surface area contributed by atoms with E-state index in [0.29, 0.717) is 11.6 Å². The number of nitrogens with zero attached hydrogens (tertiary/aromatic N) is 2. The van der Waals surface area contributed by atoms with Crippen LogP contribution in [0.2, 0.25) is 0 Å². The summed E-state index contributed by atoms with van der Waals surface area (Å²) < 4.78 is 3.98. The molecule has 5 heteroatoms. The van der Waals surface area contributed by atoms with Crippen LogP contribution in [0.4, 0.5) is 0 Å². The Morgan fingerprint density at radius 2 is 2.29 bits per heavy atom. The first-order valence-electron chi connectivity index (χ1n) is 6.87. The molecule has 3 aromatic rings. The molecule has 1 atom stereocenters. The Balaban J connectivity index is 2.16. The quantitative estimate of drug-likeness (QED) is 0.599. The SMILES string of the molecule is CCC(C)c1cc(Br)c2nc(-n3cccc3C=O)sc2c1. The van der Waals surface area contributed by atoms with Gasteiger partial charge in [0.05, 0.1) is 15.9 Å². The van der Waals surface area contributed by atoms with E-state index < -0.39 is 0 Å². The first-order chi connectivity index (χ1) is 10.1. The molecule has 0 fully saturated rings. The van der Waals surface area contributed by atoms with Crippen molar-refractivity contribution in [1.82, 2.24) is 9.55 Å². The highest BCUT2D eigenvalue weighted by Gasteiger charge is 2.13. The summed E-state index contributed by atoms with van der Waals surface area (Å²) in [5, 5.41) is 0.819. The zero-order chi connectivity index (χ0) is 15.0.